The highest BCUT2D eigenvalue weighted by Gasteiger charge is 2.32. The molecule has 0 spiro atoms. The van der Waals surface area contributed by atoms with Crippen molar-refractivity contribution in [2.24, 2.45) is 5.10 Å². The maximum Gasteiger partial charge on any atom is 0.337 e. The molecule has 3 aromatic carbocycles. The number of aliphatic hydroxyl groups is 1. The fourth-order valence-corrected chi connectivity index (χ4v) is 4.25. The number of ether oxygens (including phenoxy) is 4. The number of carbonyl (C=O) groups is 2. The van der Waals surface area contributed by atoms with Crippen LogP contribution in [0.5, 0.6) is 17.2 Å². The third kappa shape index (κ3) is 8.46. The monoisotopic (exact) mass is 592 g/mol. The van der Waals surface area contributed by atoms with Gasteiger partial charge in [-0.3, -0.25) is 5.43 Å². The fourth-order valence-electron chi connectivity index (χ4n) is 4.25. The van der Waals surface area contributed by atoms with Gasteiger partial charge in [-0.05, 0) is 66.9 Å². The maximum atomic E-state index is 13.1. The normalized spacial score (nSPS) is 15.4. The molecule has 0 saturated carbocycles. The number of hydrazone groups is 1. The van der Waals surface area contributed by atoms with Crippen LogP contribution in [0.2, 0.25) is 0 Å². The van der Waals surface area contributed by atoms with E-state index in [1.807, 2.05) is 6.07 Å². The Hall–Kier alpha value is -5.10. The maximum absolute atomic E-state index is 13.1. The predicted octanol–water partition coefficient (Wildman–Crippen LogP) is 3.93. The lowest BCUT2D eigenvalue weighted by Crippen LogP contribution is -2.45. The number of carbonyl (C=O) groups excluding carboxylic acids is 2. The molecule has 3 aromatic rings. The Kier molecular flexibility index (Phi) is 10.5. The van der Waals surface area contributed by atoms with Gasteiger partial charge in [0.2, 0.25) is 0 Å². The second-order valence-corrected chi connectivity index (χ2v) is 9.40. The molecule has 2 atom stereocenters. The zero-order valence-corrected chi connectivity index (χ0v) is 23.9. The van der Waals surface area contributed by atoms with Crippen LogP contribution < -0.4 is 30.3 Å². The van der Waals surface area contributed by atoms with Gasteiger partial charge in [0.25, 0.3) is 0 Å². The van der Waals surface area contributed by atoms with Crippen molar-refractivity contribution in [3.8, 4) is 17.2 Å². The van der Waals surface area contributed by atoms with Gasteiger partial charge in [0.1, 0.15) is 24.8 Å². The molecule has 0 bridgehead atoms. The first-order valence-corrected chi connectivity index (χ1v) is 13.5. The Bertz CT molecular complexity index is 1490. The quantitative estimate of drug-likeness (QED) is 0.101. The van der Waals surface area contributed by atoms with Crippen LogP contribution in [0, 0.1) is 5.82 Å². The highest BCUT2D eigenvalue weighted by atomic mass is 19.1. The van der Waals surface area contributed by atoms with Gasteiger partial charge in [0, 0.05) is 5.70 Å². The molecule has 0 unspecified atom stereocenters. The van der Waals surface area contributed by atoms with Crippen molar-refractivity contribution in [1.82, 2.24) is 16.1 Å². The lowest BCUT2D eigenvalue weighted by molar-refractivity contribution is -0.136. The third-order valence-corrected chi connectivity index (χ3v) is 6.29. The van der Waals surface area contributed by atoms with Gasteiger partial charge < -0.3 is 34.7 Å². The van der Waals surface area contributed by atoms with Crippen molar-refractivity contribution in [2.75, 3.05) is 20.3 Å². The summed E-state index contributed by atoms with van der Waals surface area (Å²) >= 11 is 0. The number of methoxy groups -OCH3 is 1. The zero-order chi connectivity index (χ0) is 30.8. The Morgan fingerprint density at radius 2 is 1.88 bits per heavy atom. The molecule has 226 valence electrons. The van der Waals surface area contributed by atoms with E-state index in [2.05, 4.69) is 21.2 Å². The predicted molar refractivity (Wildman–Crippen MR) is 156 cm³/mol. The van der Waals surface area contributed by atoms with E-state index in [1.165, 1.54) is 25.5 Å². The summed E-state index contributed by atoms with van der Waals surface area (Å²) in [6.45, 7) is 3.88. The van der Waals surface area contributed by atoms with Crippen molar-refractivity contribution < 1.29 is 38.0 Å². The largest absolute Gasteiger partial charge is 0.490 e. The number of hydrogen-bond acceptors (Lipinski definition) is 9. The number of allylic oxidation sites excluding steroid dienone is 1. The molecule has 4 rings (SSSR count). The molecular weight excluding hydrogens is 559 g/mol. The number of benzene rings is 3. The van der Waals surface area contributed by atoms with Crippen molar-refractivity contribution in [1.29, 1.82) is 0 Å². The molecule has 2 amide bonds. The van der Waals surface area contributed by atoms with Crippen LogP contribution in [0.25, 0.3) is 0 Å². The lowest BCUT2D eigenvalue weighted by atomic mass is 9.95. The SMILES string of the molecule is CCOc1cc([C@@H]2NC(=O)NC(C)=C2C(=O)OC)ccc1OC[C@@H](O)N/N=C/c1cccc(OCc2ccc(F)cc2)c1. The Morgan fingerprint density at radius 1 is 1.09 bits per heavy atom. The summed E-state index contributed by atoms with van der Waals surface area (Å²) in [6.07, 6.45) is 0.374. The van der Waals surface area contributed by atoms with Gasteiger partial charge in [0.05, 0.1) is 31.5 Å². The Balaban J connectivity index is 1.35. The Morgan fingerprint density at radius 3 is 2.63 bits per heavy atom. The van der Waals surface area contributed by atoms with E-state index in [0.29, 0.717) is 35.1 Å². The fraction of sp³-hybridized carbons (Fsp3) is 0.258. The minimum absolute atomic E-state index is 0.159. The van der Waals surface area contributed by atoms with E-state index in [4.69, 9.17) is 18.9 Å². The number of nitrogens with zero attached hydrogens (tertiary/aromatic N) is 1. The highest BCUT2D eigenvalue weighted by molar-refractivity contribution is 5.95. The summed E-state index contributed by atoms with van der Waals surface area (Å²) < 4.78 is 35.3. The molecule has 11 nitrogen and oxygen atoms in total. The minimum Gasteiger partial charge on any atom is -0.490 e. The van der Waals surface area contributed by atoms with Crippen LogP contribution in [0.4, 0.5) is 9.18 Å². The summed E-state index contributed by atoms with van der Waals surface area (Å²) in [5.74, 6) is 0.441. The molecule has 1 aliphatic heterocycles. The average Bonchev–Trinajstić information content (AvgIpc) is 3.00. The first-order valence-electron chi connectivity index (χ1n) is 13.5. The van der Waals surface area contributed by atoms with Crippen LogP contribution in [0.3, 0.4) is 0 Å². The third-order valence-electron chi connectivity index (χ3n) is 6.29. The van der Waals surface area contributed by atoms with E-state index in [0.717, 1.165) is 11.1 Å². The number of halogens is 1. The number of hydrogen-bond donors (Lipinski definition) is 4. The molecular formula is C31H33FN4O7. The first-order chi connectivity index (χ1) is 20.8. The molecule has 4 N–H and O–H groups in total. The molecule has 0 aliphatic carbocycles. The summed E-state index contributed by atoms with van der Waals surface area (Å²) in [6, 6.07) is 17.0. The molecule has 0 saturated heterocycles. The van der Waals surface area contributed by atoms with Crippen LogP contribution in [0.1, 0.15) is 36.6 Å². The van der Waals surface area contributed by atoms with Crippen molar-refractivity contribution >= 4 is 18.2 Å². The van der Waals surface area contributed by atoms with Gasteiger partial charge in [-0.2, -0.15) is 5.10 Å². The van der Waals surface area contributed by atoms with E-state index >= 15 is 0 Å². The standard InChI is InChI=1S/C31H33FN4O7/c1-4-41-26-15-22(29-28(30(38)40-3)19(2)34-31(39)35-29)10-13-25(26)43-18-27(37)36-33-16-21-6-5-7-24(14-21)42-17-20-8-11-23(32)12-9-20/h5-16,27,29,36-37H,4,17-18H2,1-3H3,(H2,34,35,39)/b33-16+/t27-,29+/m1/s1. The second kappa shape index (κ2) is 14.7. The van der Waals surface area contributed by atoms with Crippen LogP contribution in [0.15, 0.2) is 83.1 Å². The van der Waals surface area contributed by atoms with Gasteiger partial charge in [-0.25, -0.2) is 14.0 Å². The van der Waals surface area contributed by atoms with Crippen molar-refractivity contribution in [3.05, 3.63) is 101 Å². The molecule has 12 heteroatoms. The van der Waals surface area contributed by atoms with Crippen LogP contribution in [-0.2, 0) is 16.1 Å². The van der Waals surface area contributed by atoms with E-state index in [1.54, 1.807) is 62.4 Å². The lowest BCUT2D eigenvalue weighted by Gasteiger charge is -2.28. The van der Waals surface area contributed by atoms with Gasteiger partial charge in [-0.15, -0.1) is 0 Å². The second-order valence-electron chi connectivity index (χ2n) is 9.40. The zero-order valence-electron chi connectivity index (χ0n) is 23.9. The van der Waals surface area contributed by atoms with Gasteiger partial charge in [0.15, 0.2) is 17.7 Å². The van der Waals surface area contributed by atoms with E-state index < -0.39 is 24.3 Å². The smallest absolute Gasteiger partial charge is 0.337 e. The number of aliphatic hydroxyl groups excluding tert-OH is 1. The number of nitrogens with one attached hydrogen (secondary N) is 3. The van der Waals surface area contributed by atoms with Crippen molar-refractivity contribution in [3.63, 3.8) is 0 Å². The van der Waals surface area contributed by atoms with Crippen LogP contribution in [-0.4, -0.2) is 49.9 Å². The number of amides is 2. The molecule has 43 heavy (non-hydrogen) atoms. The van der Waals surface area contributed by atoms with Crippen LogP contribution >= 0.6 is 0 Å². The first kappa shape index (κ1) is 30.8. The summed E-state index contributed by atoms with van der Waals surface area (Å²) in [4.78, 5) is 24.5. The van der Waals surface area contributed by atoms with Crippen molar-refractivity contribution in [2.45, 2.75) is 32.7 Å². The molecule has 0 aromatic heterocycles. The van der Waals surface area contributed by atoms with Gasteiger partial charge >= 0.3 is 12.0 Å². The number of esters is 1. The summed E-state index contributed by atoms with van der Waals surface area (Å²) in [5.41, 5.74) is 5.40. The topological polar surface area (TPSA) is 140 Å². The summed E-state index contributed by atoms with van der Waals surface area (Å²) in [5, 5.41) is 19.8. The molecule has 0 fully saturated rings. The van der Waals surface area contributed by atoms with E-state index in [-0.39, 0.29) is 24.6 Å². The minimum atomic E-state index is -1.15. The summed E-state index contributed by atoms with van der Waals surface area (Å²) in [7, 11) is 1.27. The molecule has 1 heterocycles. The number of rotatable bonds is 13. The average molecular weight is 593 g/mol. The van der Waals surface area contributed by atoms with E-state index in [9.17, 15) is 19.1 Å². The molecule has 1 aliphatic rings. The molecule has 0 radical (unpaired) electrons. The number of urea groups is 1. The highest BCUT2D eigenvalue weighted by Crippen LogP contribution is 2.35. The van der Waals surface area contributed by atoms with Gasteiger partial charge in [-0.1, -0.05) is 30.3 Å². The Labute approximate surface area is 248 Å².